The van der Waals surface area contributed by atoms with Gasteiger partial charge in [-0.3, -0.25) is 4.79 Å². The molecule has 5 atom stereocenters. The van der Waals surface area contributed by atoms with Crippen molar-refractivity contribution in [3.8, 4) is 0 Å². The van der Waals surface area contributed by atoms with Gasteiger partial charge in [0.2, 0.25) is 0 Å². The Morgan fingerprint density at radius 3 is 2.76 bits per heavy atom. The van der Waals surface area contributed by atoms with E-state index in [-0.39, 0.29) is 30.2 Å². The maximum absolute atomic E-state index is 10.5. The Hall–Kier alpha value is -1.66. The maximum atomic E-state index is 10.5. The first kappa shape index (κ1) is 23.6. The van der Waals surface area contributed by atoms with Gasteiger partial charge in [-0.25, -0.2) is 0 Å². The summed E-state index contributed by atoms with van der Waals surface area (Å²) in [7, 11) is 0. The molecule has 1 aromatic carbocycles. The number of carboxylic acids is 1. The molecule has 1 unspecified atom stereocenters. The van der Waals surface area contributed by atoms with Crippen molar-refractivity contribution >= 4 is 17.6 Å². The van der Waals surface area contributed by atoms with E-state index in [4.69, 9.17) is 16.7 Å². The molecule has 5 nitrogen and oxygen atoms in total. The van der Waals surface area contributed by atoms with Crippen LogP contribution in [0.25, 0.3) is 0 Å². The summed E-state index contributed by atoms with van der Waals surface area (Å²) in [5.74, 6) is -0.840. The number of carbonyl (C=O) groups is 1. The van der Waals surface area contributed by atoms with Crippen molar-refractivity contribution in [3.63, 3.8) is 0 Å². The predicted octanol–water partition coefficient (Wildman–Crippen LogP) is 3.44. The zero-order chi connectivity index (χ0) is 21.2. The van der Waals surface area contributed by atoms with Gasteiger partial charge >= 0.3 is 5.97 Å². The Balaban J connectivity index is 1.89. The maximum Gasteiger partial charge on any atom is 0.303 e. The number of carboxylic acid groups (broad SMARTS) is 1. The Bertz CT molecular complexity index is 702. The second kappa shape index (κ2) is 12.1. The predicted molar refractivity (Wildman–Crippen MR) is 114 cm³/mol. The van der Waals surface area contributed by atoms with Gasteiger partial charge in [0, 0.05) is 24.1 Å². The normalized spacial score (nSPS) is 25.8. The van der Waals surface area contributed by atoms with E-state index < -0.39 is 18.2 Å². The minimum Gasteiger partial charge on any atom is -0.481 e. The van der Waals surface area contributed by atoms with E-state index in [9.17, 15) is 20.1 Å². The number of halogens is 1. The summed E-state index contributed by atoms with van der Waals surface area (Å²) in [5.41, 5.74) is 1.75. The van der Waals surface area contributed by atoms with Crippen LogP contribution in [0, 0.1) is 11.8 Å². The highest BCUT2D eigenvalue weighted by atomic mass is 35.5. The molecule has 1 aliphatic rings. The van der Waals surface area contributed by atoms with E-state index >= 15 is 0 Å². The fraction of sp³-hybridized carbons (Fsp3) is 0.522. The smallest absolute Gasteiger partial charge is 0.303 e. The lowest BCUT2D eigenvalue weighted by Crippen LogP contribution is -2.19. The topological polar surface area (TPSA) is 98.0 Å². The summed E-state index contributed by atoms with van der Waals surface area (Å²) in [6.45, 7) is -0.0311. The van der Waals surface area contributed by atoms with Crippen molar-refractivity contribution in [2.45, 2.75) is 62.7 Å². The average molecular weight is 423 g/mol. The number of benzene rings is 1. The second-order valence-corrected chi connectivity index (χ2v) is 8.25. The largest absolute Gasteiger partial charge is 0.481 e. The number of hydrogen-bond donors (Lipinski definition) is 4. The number of rotatable bonds is 11. The van der Waals surface area contributed by atoms with Gasteiger partial charge in [-0.2, -0.15) is 0 Å². The van der Waals surface area contributed by atoms with Crippen molar-refractivity contribution in [3.05, 3.63) is 59.7 Å². The van der Waals surface area contributed by atoms with E-state index in [1.807, 2.05) is 42.5 Å². The van der Waals surface area contributed by atoms with Crippen molar-refractivity contribution in [1.29, 1.82) is 0 Å². The minimum atomic E-state index is -0.787. The molecule has 160 valence electrons. The van der Waals surface area contributed by atoms with Gasteiger partial charge in [0.15, 0.2) is 0 Å². The summed E-state index contributed by atoms with van der Waals surface area (Å²) in [4.78, 5) is 10.5. The molecule has 6 heteroatoms. The molecule has 29 heavy (non-hydrogen) atoms. The lowest BCUT2D eigenvalue weighted by atomic mass is 9.90. The third-order valence-corrected chi connectivity index (χ3v) is 5.88. The lowest BCUT2D eigenvalue weighted by Gasteiger charge is -2.19. The second-order valence-electron chi connectivity index (χ2n) is 7.69. The number of alkyl halides is 1. The molecule has 0 heterocycles. The summed E-state index contributed by atoms with van der Waals surface area (Å²) in [6.07, 6.45) is 9.50. The Morgan fingerprint density at radius 1 is 1.28 bits per heavy atom. The molecule has 0 radical (unpaired) electrons. The van der Waals surface area contributed by atoms with E-state index in [0.29, 0.717) is 32.1 Å². The van der Waals surface area contributed by atoms with E-state index in [1.165, 1.54) is 0 Å². The molecule has 0 amide bonds. The quantitative estimate of drug-likeness (QED) is 0.249. The summed E-state index contributed by atoms with van der Waals surface area (Å²) >= 11 is 6.44. The first-order chi connectivity index (χ1) is 13.9. The number of aliphatic hydroxyl groups excluding tert-OH is 3. The van der Waals surface area contributed by atoms with Gasteiger partial charge in [0.1, 0.15) is 0 Å². The molecule has 1 aromatic rings. The summed E-state index contributed by atoms with van der Waals surface area (Å²) in [6, 6.07) is 7.47. The average Bonchev–Trinajstić information content (AvgIpc) is 2.95. The van der Waals surface area contributed by atoms with Gasteiger partial charge in [-0.15, -0.1) is 11.6 Å². The van der Waals surface area contributed by atoms with Crippen LogP contribution >= 0.6 is 11.6 Å². The minimum absolute atomic E-state index is 0.0311. The third-order valence-electron chi connectivity index (χ3n) is 5.38. The number of allylic oxidation sites excluding steroid dienone is 2. The van der Waals surface area contributed by atoms with Crippen LogP contribution in [0.3, 0.4) is 0 Å². The van der Waals surface area contributed by atoms with Crippen molar-refractivity contribution in [2.75, 3.05) is 0 Å². The van der Waals surface area contributed by atoms with Crippen LogP contribution in [0.5, 0.6) is 0 Å². The highest BCUT2D eigenvalue weighted by Crippen LogP contribution is 2.39. The van der Waals surface area contributed by atoms with E-state index in [0.717, 1.165) is 11.1 Å². The van der Waals surface area contributed by atoms with E-state index in [1.54, 1.807) is 6.08 Å². The van der Waals surface area contributed by atoms with Crippen LogP contribution < -0.4 is 0 Å². The van der Waals surface area contributed by atoms with Crippen LogP contribution in [0.4, 0.5) is 0 Å². The SMILES string of the molecule is O=C(O)CCCC=CC[C@@H]1[C@@H](C=CC(O)Cc2cccc(CO)c2)[C@H](O)C[C@H]1Cl. The molecule has 2 rings (SSSR count). The molecule has 1 aliphatic carbocycles. The van der Waals surface area contributed by atoms with E-state index in [2.05, 4.69) is 0 Å². The molecule has 1 fully saturated rings. The zero-order valence-corrected chi connectivity index (χ0v) is 17.3. The first-order valence-corrected chi connectivity index (χ1v) is 10.6. The molecular formula is C23H31ClO5. The third kappa shape index (κ3) is 7.94. The van der Waals surface area contributed by atoms with Crippen molar-refractivity contribution in [1.82, 2.24) is 0 Å². The Labute approximate surface area is 177 Å². The van der Waals surface area contributed by atoms with Gasteiger partial charge < -0.3 is 20.4 Å². The van der Waals surface area contributed by atoms with Gasteiger partial charge in [-0.1, -0.05) is 48.6 Å². The molecule has 0 bridgehead atoms. The molecule has 0 aliphatic heterocycles. The standard InChI is InChI=1S/C23H31ClO5/c24-21-14-22(27)20(19(21)8-3-1-2-4-9-23(28)29)11-10-18(26)13-16-6-5-7-17(12-16)15-25/h1,3,5-7,10-12,18-22,25-27H,2,4,8-9,13-15H2,(H,28,29)/t18?,19-,20-,21-,22-/m1/s1. The first-order valence-electron chi connectivity index (χ1n) is 10.1. The number of aliphatic hydroxyl groups is 3. The molecule has 0 aromatic heterocycles. The summed E-state index contributed by atoms with van der Waals surface area (Å²) in [5, 5.41) is 38.5. The van der Waals surface area contributed by atoms with Crippen molar-refractivity contribution in [2.24, 2.45) is 11.8 Å². The van der Waals surface area contributed by atoms with Gasteiger partial charge in [0.25, 0.3) is 0 Å². The van der Waals surface area contributed by atoms with Crippen LogP contribution in [0.1, 0.15) is 43.2 Å². The van der Waals surface area contributed by atoms with Crippen LogP contribution in [-0.4, -0.2) is 44.0 Å². The zero-order valence-electron chi connectivity index (χ0n) is 16.5. The molecular weight excluding hydrogens is 392 g/mol. The Morgan fingerprint density at radius 2 is 2.03 bits per heavy atom. The number of aliphatic carboxylic acids is 1. The van der Waals surface area contributed by atoms with Gasteiger partial charge in [-0.05, 0) is 42.7 Å². The fourth-order valence-electron chi connectivity index (χ4n) is 3.83. The monoisotopic (exact) mass is 422 g/mol. The van der Waals surface area contributed by atoms with Crippen LogP contribution in [0.2, 0.25) is 0 Å². The van der Waals surface area contributed by atoms with Crippen LogP contribution in [0.15, 0.2) is 48.6 Å². The van der Waals surface area contributed by atoms with Crippen molar-refractivity contribution < 1.29 is 25.2 Å². The molecule has 4 N–H and O–H groups in total. The molecule has 0 spiro atoms. The Kier molecular flexibility index (Phi) is 9.88. The highest BCUT2D eigenvalue weighted by Gasteiger charge is 2.39. The number of unbranched alkanes of at least 4 members (excludes halogenated alkanes) is 1. The number of hydrogen-bond acceptors (Lipinski definition) is 4. The van der Waals surface area contributed by atoms with Gasteiger partial charge in [0.05, 0.1) is 18.8 Å². The summed E-state index contributed by atoms with van der Waals surface area (Å²) < 4.78 is 0. The molecule has 1 saturated carbocycles. The lowest BCUT2D eigenvalue weighted by molar-refractivity contribution is -0.137. The fourth-order valence-corrected chi connectivity index (χ4v) is 4.28. The van der Waals surface area contributed by atoms with Crippen LogP contribution in [-0.2, 0) is 17.8 Å². The molecule has 0 saturated heterocycles. The highest BCUT2D eigenvalue weighted by molar-refractivity contribution is 6.21.